The van der Waals surface area contributed by atoms with Crippen molar-refractivity contribution in [3.63, 3.8) is 0 Å². The van der Waals surface area contributed by atoms with Crippen LogP contribution in [0.25, 0.3) is 0 Å². The summed E-state index contributed by atoms with van der Waals surface area (Å²) in [4.78, 5) is 22.6. The van der Waals surface area contributed by atoms with Gasteiger partial charge in [0.05, 0.1) is 13.2 Å². The number of thiazole rings is 2. The Kier molecular flexibility index (Phi) is 4.59. The lowest BCUT2D eigenvalue weighted by Crippen LogP contribution is -2.42. The first kappa shape index (κ1) is 14.6. The summed E-state index contributed by atoms with van der Waals surface area (Å²) in [6, 6.07) is 0. The van der Waals surface area contributed by atoms with Crippen LogP contribution in [-0.4, -0.2) is 47.0 Å². The van der Waals surface area contributed by atoms with E-state index >= 15 is 0 Å². The Morgan fingerprint density at radius 1 is 1.57 bits per heavy atom. The summed E-state index contributed by atoms with van der Waals surface area (Å²) in [6.45, 7) is 4.39. The minimum atomic E-state index is -0.0408. The first-order valence-electron chi connectivity index (χ1n) is 6.66. The molecule has 21 heavy (non-hydrogen) atoms. The van der Waals surface area contributed by atoms with Gasteiger partial charge in [0.15, 0.2) is 5.13 Å². The van der Waals surface area contributed by atoms with E-state index in [-0.39, 0.29) is 12.0 Å². The normalized spacial score (nSPS) is 19.6. The van der Waals surface area contributed by atoms with Gasteiger partial charge in [0.25, 0.3) is 0 Å². The average molecular weight is 324 g/mol. The first-order chi connectivity index (χ1) is 10.2. The molecule has 112 valence electrons. The van der Waals surface area contributed by atoms with Gasteiger partial charge < -0.3 is 10.1 Å². The van der Waals surface area contributed by atoms with Gasteiger partial charge in [0, 0.05) is 35.7 Å². The molecule has 1 atom stereocenters. The number of anilines is 1. The molecule has 1 aliphatic rings. The SMILES string of the molecule is Cc1csc([C@@H]2CN(CC(=O)Nc3nccs3)CCO2)n1. The van der Waals surface area contributed by atoms with E-state index in [1.54, 1.807) is 17.5 Å². The van der Waals surface area contributed by atoms with Gasteiger partial charge in [-0.2, -0.15) is 0 Å². The number of rotatable bonds is 4. The third-order valence-corrected chi connectivity index (χ3v) is 4.85. The van der Waals surface area contributed by atoms with Crippen molar-refractivity contribution in [2.24, 2.45) is 0 Å². The Balaban J connectivity index is 1.55. The maximum atomic E-state index is 12.0. The molecule has 1 N–H and O–H groups in total. The van der Waals surface area contributed by atoms with E-state index in [2.05, 4.69) is 20.2 Å². The summed E-state index contributed by atoms with van der Waals surface area (Å²) in [6.07, 6.45) is 1.64. The van der Waals surface area contributed by atoms with Crippen molar-refractivity contribution < 1.29 is 9.53 Å². The molecule has 0 saturated carbocycles. The van der Waals surface area contributed by atoms with Crippen LogP contribution in [0.3, 0.4) is 0 Å². The number of aromatic nitrogens is 2. The molecule has 0 unspecified atom stereocenters. The summed E-state index contributed by atoms with van der Waals surface area (Å²) in [7, 11) is 0. The van der Waals surface area contributed by atoms with Gasteiger partial charge in [0.1, 0.15) is 11.1 Å². The zero-order chi connectivity index (χ0) is 14.7. The molecule has 1 aliphatic heterocycles. The van der Waals surface area contributed by atoms with Crippen LogP contribution < -0.4 is 5.32 Å². The molecule has 8 heteroatoms. The summed E-state index contributed by atoms with van der Waals surface area (Å²) < 4.78 is 5.76. The predicted octanol–water partition coefficient (Wildman–Crippen LogP) is 1.92. The molecule has 0 bridgehead atoms. The van der Waals surface area contributed by atoms with Crippen molar-refractivity contribution in [2.75, 3.05) is 31.6 Å². The highest BCUT2D eigenvalue weighted by Crippen LogP contribution is 2.25. The molecule has 1 fully saturated rings. The van der Waals surface area contributed by atoms with Crippen molar-refractivity contribution in [1.29, 1.82) is 0 Å². The molecular formula is C13H16N4O2S2. The standard InChI is InChI=1S/C13H16N4O2S2/c1-9-8-21-12(15-9)10-6-17(3-4-19-10)7-11(18)16-13-14-2-5-20-13/h2,5,8,10H,3-4,6-7H2,1H3,(H,14,16,18)/t10-/m0/s1. The maximum Gasteiger partial charge on any atom is 0.240 e. The fourth-order valence-electron chi connectivity index (χ4n) is 2.16. The number of carbonyl (C=O) groups excluding carboxylic acids is 1. The van der Waals surface area contributed by atoms with Crippen LogP contribution in [0.15, 0.2) is 17.0 Å². The maximum absolute atomic E-state index is 12.0. The fourth-order valence-corrected chi connectivity index (χ4v) is 3.54. The Morgan fingerprint density at radius 2 is 2.48 bits per heavy atom. The number of hydrogen-bond acceptors (Lipinski definition) is 7. The molecule has 1 amide bonds. The van der Waals surface area contributed by atoms with Crippen LogP contribution in [0.4, 0.5) is 5.13 Å². The molecule has 3 heterocycles. The molecule has 2 aromatic heterocycles. The van der Waals surface area contributed by atoms with E-state index in [0.29, 0.717) is 24.8 Å². The van der Waals surface area contributed by atoms with Crippen LogP contribution >= 0.6 is 22.7 Å². The highest BCUT2D eigenvalue weighted by atomic mass is 32.1. The fraction of sp³-hybridized carbons (Fsp3) is 0.462. The quantitative estimate of drug-likeness (QED) is 0.931. The second kappa shape index (κ2) is 6.61. The number of carbonyl (C=O) groups is 1. The van der Waals surface area contributed by atoms with E-state index in [0.717, 1.165) is 17.2 Å². The van der Waals surface area contributed by atoms with Gasteiger partial charge in [0.2, 0.25) is 5.91 Å². The predicted molar refractivity (Wildman–Crippen MR) is 82.7 cm³/mol. The van der Waals surface area contributed by atoms with E-state index in [1.165, 1.54) is 11.3 Å². The Bertz CT molecular complexity index is 599. The minimum absolute atomic E-state index is 0.0369. The second-order valence-electron chi connectivity index (χ2n) is 4.81. The molecule has 0 aliphatic carbocycles. The van der Waals surface area contributed by atoms with Crippen molar-refractivity contribution >= 4 is 33.7 Å². The Hall–Kier alpha value is -1.35. The van der Waals surface area contributed by atoms with Crippen LogP contribution in [0.2, 0.25) is 0 Å². The van der Waals surface area contributed by atoms with Gasteiger partial charge >= 0.3 is 0 Å². The lowest BCUT2D eigenvalue weighted by atomic mass is 10.2. The second-order valence-corrected chi connectivity index (χ2v) is 6.59. The molecular weight excluding hydrogens is 308 g/mol. The van der Waals surface area contributed by atoms with E-state index in [9.17, 15) is 4.79 Å². The van der Waals surface area contributed by atoms with Gasteiger partial charge in [-0.25, -0.2) is 9.97 Å². The van der Waals surface area contributed by atoms with Crippen LogP contribution in [0.5, 0.6) is 0 Å². The number of hydrogen-bond donors (Lipinski definition) is 1. The zero-order valence-corrected chi connectivity index (χ0v) is 13.2. The smallest absolute Gasteiger partial charge is 0.240 e. The van der Waals surface area contributed by atoms with Gasteiger partial charge in [-0.3, -0.25) is 9.69 Å². The molecule has 1 saturated heterocycles. The molecule has 0 spiro atoms. The summed E-state index contributed by atoms with van der Waals surface area (Å²) >= 11 is 3.03. The lowest BCUT2D eigenvalue weighted by Gasteiger charge is -2.31. The number of nitrogens with zero attached hydrogens (tertiary/aromatic N) is 3. The summed E-state index contributed by atoms with van der Waals surface area (Å²) in [5, 5.41) is 8.28. The number of nitrogens with one attached hydrogen (secondary N) is 1. The summed E-state index contributed by atoms with van der Waals surface area (Å²) in [5.74, 6) is -0.0408. The molecule has 2 aromatic rings. The minimum Gasteiger partial charge on any atom is -0.368 e. The third-order valence-electron chi connectivity index (χ3n) is 3.11. The zero-order valence-electron chi connectivity index (χ0n) is 11.6. The van der Waals surface area contributed by atoms with Crippen molar-refractivity contribution in [1.82, 2.24) is 14.9 Å². The Labute approximate surface area is 130 Å². The number of ether oxygens (including phenoxy) is 1. The van der Waals surface area contributed by atoms with Crippen molar-refractivity contribution in [3.8, 4) is 0 Å². The number of amides is 1. The molecule has 3 rings (SSSR count). The monoisotopic (exact) mass is 324 g/mol. The molecule has 6 nitrogen and oxygen atoms in total. The number of aryl methyl sites for hydroxylation is 1. The van der Waals surface area contributed by atoms with E-state index in [4.69, 9.17) is 4.74 Å². The lowest BCUT2D eigenvalue weighted by molar-refractivity contribution is -0.119. The summed E-state index contributed by atoms with van der Waals surface area (Å²) in [5.41, 5.74) is 1.01. The van der Waals surface area contributed by atoms with E-state index in [1.807, 2.05) is 17.7 Å². The van der Waals surface area contributed by atoms with Crippen LogP contribution in [0.1, 0.15) is 16.8 Å². The topological polar surface area (TPSA) is 67.4 Å². The van der Waals surface area contributed by atoms with Crippen molar-refractivity contribution in [3.05, 3.63) is 27.7 Å². The highest BCUT2D eigenvalue weighted by Gasteiger charge is 2.25. The molecule has 0 aromatic carbocycles. The van der Waals surface area contributed by atoms with Crippen molar-refractivity contribution in [2.45, 2.75) is 13.0 Å². The van der Waals surface area contributed by atoms with Gasteiger partial charge in [-0.05, 0) is 6.92 Å². The van der Waals surface area contributed by atoms with Gasteiger partial charge in [-0.1, -0.05) is 0 Å². The van der Waals surface area contributed by atoms with Gasteiger partial charge in [-0.15, -0.1) is 22.7 Å². The van der Waals surface area contributed by atoms with Crippen LogP contribution in [-0.2, 0) is 9.53 Å². The first-order valence-corrected chi connectivity index (χ1v) is 8.42. The molecule has 0 radical (unpaired) electrons. The van der Waals surface area contributed by atoms with E-state index < -0.39 is 0 Å². The number of morpholine rings is 1. The highest BCUT2D eigenvalue weighted by molar-refractivity contribution is 7.13. The largest absolute Gasteiger partial charge is 0.368 e. The average Bonchev–Trinajstić information content (AvgIpc) is 3.10. The third kappa shape index (κ3) is 3.85. The Morgan fingerprint density at radius 3 is 3.19 bits per heavy atom. The van der Waals surface area contributed by atoms with Crippen LogP contribution in [0, 0.1) is 6.92 Å².